The van der Waals surface area contributed by atoms with Crippen molar-refractivity contribution in [1.82, 2.24) is 4.90 Å². The highest BCUT2D eigenvalue weighted by Crippen LogP contribution is 2.40. The Hall–Kier alpha value is -2.33. The first kappa shape index (κ1) is 15.2. The molecule has 2 amide bonds. The molecule has 122 valence electrons. The summed E-state index contributed by atoms with van der Waals surface area (Å²) < 4.78 is 0. The number of hydrogen-bond acceptors (Lipinski definition) is 2. The van der Waals surface area contributed by atoms with Gasteiger partial charge in [-0.15, -0.1) is 0 Å². The number of halogens is 1. The molecular weight excluding hydrogens is 324 g/mol. The van der Waals surface area contributed by atoms with Gasteiger partial charge >= 0.3 is 0 Å². The second-order valence-electron chi connectivity index (χ2n) is 6.33. The van der Waals surface area contributed by atoms with E-state index in [-0.39, 0.29) is 30.3 Å². The van der Waals surface area contributed by atoms with E-state index in [1.54, 1.807) is 17.0 Å². The summed E-state index contributed by atoms with van der Waals surface area (Å²) >= 11 is 6.10. The highest BCUT2D eigenvalue weighted by atomic mass is 35.5. The van der Waals surface area contributed by atoms with Crippen molar-refractivity contribution in [1.29, 1.82) is 0 Å². The second-order valence-corrected chi connectivity index (χ2v) is 6.77. The van der Waals surface area contributed by atoms with Crippen LogP contribution in [-0.2, 0) is 9.59 Å². The van der Waals surface area contributed by atoms with Gasteiger partial charge in [0.15, 0.2) is 0 Å². The minimum Gasteiger partial charge on any atom is -0.324 e. The van der Waals surface area contributed by atoms with Crippen LogP contribution in [0.2, 0.25) is 5.02 Å². The monoisotopic (exact) mass is 340 g/mol. The van der Waals surface area contributed by atoms with E-state index in [1.165, 1.54) is 0 Å². The first-order valence-corrected chi connectivity index (χ1v) is 8.46. The number of benzene rings is 2. The summed E-state index contributed by atoms with van der Waals surface area (Å²) in [7, 11) is 0. The summed E-state index contributed by atoms with van der Waals surface area (Å²) in [5.74, 6) is -0.0781. The van der Waals surface area contributed by atoms with Crippen LogP contribution >= 0.6 is 11.6 Å². The van der Waals surface area contributed by atoms with Crippen molar-refractivity contribution in [3.05, 3.63) is 64.7 Å². The van der Waals surface area contributed by atoms with Crippen molar-refractivity contribution in [2.24, 2.45) is 5.92 Å². The third-order valence-corrected chi connectivity index (χ3v) is 4.77. The quantitative estimate of drug-likeness (QED) is 0.907. The first-order chi connectivity index (χ1) is 11.6. The average Bonchev–Trinajstić information content (AvgIpc) is 3.41. The van der Waals surface area contributed by atoms with E-state index >= 15 is 0 Å². The Bertz CT molecular complexity index is 802. The van der Waals surface area contributed by atoms with Gasteiger partial charge in [0.05, 0.1) is 6.04 Å². The molecular formula is C19H17ClN2O2. The zero-order valence-electron chi connectivity index (χ0n) is 13.0. The largest absolute Gasteiger partial charge is 0.324 e. The molecule has 1 aliphatic heterocycles. The smallest absolute Gasteiger partial charge is 0.244 e. The molecule has 1 aliphatic carbocycles. The number of anilines is 1. The van der Waals surface area contributed by atoms with E-state index in [4.69, 9.17) is 11.6 Å². The summed E-state index contributed by atoms with van der Waals surface area (Å²) in [6.07, 6.45) is 1.82. The Labute approximate surface area is 145 Å². The van der Waals surface area contributed by atoms with Crippen LogP contribution in [0.4, 0.5) is 5.69 Å². The molecule has 1 atom stereocenters. The molecule has 1 fully saturated rings. The van der Waals surface area contributed by atoms with E-state index in [9.17, 15) is 9.59 Å². The molecule has 0 saturated heterocycles. The molecule has 0 unspecified atom stereocenters. The molecule has 24 heavy (non-hydrogen) atoms. The van der Waals surface area contributed by atoms with Crippen LogP contribution in [-0.4, -0.2) is 23.3 Å². The SMILES string of the molecule is O=C1CN(C(=O)C2CC2)[C@H](c2ccccc2)c2ccc(Cl)cc2N1. The van der Waals surface area contributed by atoms with E-state index < -0.39 is 0 Å². The zero-order chi connectivity index (χ0) is 16.7. The molecule has 5 heteroatoms. The number of rotatable bonds is 2. The summed E-state index contributed by atoms with van der Waals surface area (Å²) in [5, 5.41) is 3.45. The van der Waals surface area contributed by atoms with Gasteiger partial charge in [0.25, 0.3) is 0 Å². The topological polar surface area (TPSA) is 49.4 Å². The van der Waals surface area contributed by atoms with Crippen LogP contribution in [0.3, 0.4) is 0 Å². The lowest BCUT2D eigenvalue weighted by Gasteiger charge is -2.30. The van der Waals surface area contributed by atoms with Crippen LogP contribution in [0.25, 0.3) is 0 Å². The van der Waals surface area contributed by atoms with Crippen molar-refractivity contribution in [3.63, 3.8) is 0 Å². The van der Waals surface area contributed by atoms with Crippen molar-refractivity contribution in [2.75, 3.05) is 11.9 Å². The van der Waals surface area contributed by atoms with Crippen LogP contribution < -0.4 is 5.32 Å². The maximum Gasteiger partial charge on any atom is 0.244 e. The van der Waals surface area contributed by atoms with Gasteiger partial charge in [-0.05, 0) is 30.5 Å². The molecule has 1 N–H and O–H groups in total. The number of nitrogens with one attached hydrogen (secondary N) is 1. The molecule has 0 bridgehead atoms. The van der Waals surface area contributed by atoms with Crippen molar-refractivity contribution in [2.45, 2.75) is 18.9 Å². The molecule has 0 aromatic heterocycles. The second kappa shape index (κ2) is 5.95. The summed E-state index contributed by atoms with van der Waals surface area (Å²) in [5.41, 5.74) is 2.56. The Morgan fingerprint density at radius 1 is 1.12 bits per heavy atom. The van der Waals surface area contributed by atoms with Gasteiger partial charge in [-0.1, -0.05) is 48.0 Å². The number of hydrogen-bond donors (Lipinski definition) is 1. The summed E-state index contributed by atoms with van der Waals surface area (Å²) in [4.78, 5) is 26.9. The molecule has 2 aromatic carbocycles. The predicted octanol–water partition coefficient (Wildman–Crippen LogP) is 3.62. The van der Waals surface area contributed by atoms with Crippen LogP contribution in [0.1, 0.15) is 30.0 Å². The zero-order valence-corrected chi connectivity index (χ0v) is 13.8. The van der Waals surface area contributed by atoms with E-state index in [2.05, 4.69) is 5.32 Å². The molecule has 0 radical (unpaired) electrons. The number of fused-ring (bicyclic) bond motifs is 1. The van der Waals surface area contributed by atoms with Gasteiger partial charge in [0.1, 0.15) is 6.54 Å². The Balaban J connectivity index is 1.87. The molecule has 4 rings (SSSR count). The third kappa shape index (κ3) is 2.78. The Kier molecular flexibility index (Phi) is 3.77. The fraction of sp³-hybridized carbons (Fsp3) is 0.263. The standard InChI is InChI=1S/C19H17ClN2O2/c20-14-8-9-15-16(10-14)21-17(23)11-22(19(24)13-6-7-13)18(15)12-4-2-1-3-5-12/h1-5,8-10,13,18H,6-7,11H2,(H,21,23)/t18-/m1/s1. The molecule has 1 saturated carbocycles. The highest BCUT2D eigenvalue weighted by Gasteiger charge is 2.40. The van der Waals surface area contributed by atoms with Crippen LogP contribution in [0.5, 0.6) is 0 Å². The van der Waals surface area contributed by atoms with Gasteiger partial charge in [0, 0.05) is 22.2 Å². The minimum absolute atomic E-state index is 0.0536. The molecule has 4 nitrogen and oxygen atoms in total. The van der Waals surface area contributed by atoms with Gasteiger partial charge in [-0.3, -0.25) is 9.59 Å². The molecule has 0 spiro atoms. The fourth-order valence-corrected chi connectivity index (χ4v) is 3.42. The number of nitrogens with zero attached hydrogens (tertiary/aromatic N) is 1. The predicted molar refractivity (Wildman–Crippen MR) is 92.8 cm³/mol. The van der Waals surface area contributed by atoms with Gasteiger partial charge < -0.3 is 10.2 Å². The minimum atomic E-state index is -0.287. The van der Waals surface area contributed by atoms with Gasteiger partial charge in [-0.2, -0.15) is 0 Å². The fourth-order valence-electron chi connectivity index (χ4n) is 3.24. The third-order valence-electron chi connectivity index (χ3n) is 4.53. The molecule has 2 aromatic rings. The lowest BCUT2D eigenvalue weighted by molar-refractivity contribution is -0.137. The number of carbonyl (C=O) groups is 2. The lowest BCUT2D eigenvalue weighted by atomic mass is 9.95. The lowest BCUT2D eigenvalue weighted by Crippen LogP contribution is -2.39. The molecule has 1 heterocycles. The summed E-state index contributed by atoms with van der Waals surface area (Å²) in [6.45, 7) is 0.0567. The van der Waals surface area contributed by atoms with E-state index in [0.29, 0.717) is 10.7 Å². The number of amides is 2. The van der Waals surface area contributed by atoms with E-state index in [1.807, 2.05) is 36.4 Å². The van der Waals surface area contributed by atoms with Crippen LogP contribution in [0, 0.1) is 5.92 Å². The van der Waals surface area contributed by atoms with E-state index in [0.717, 1.165) is 24.0 Å². The van der Waals surface area contributed by atoms with Gasteiger partial charge in [-0.25, -0.2) is 0 Å². The summed E-state index contributed by atoms with van der Waals surface area (Å²) in [6, 6.07) is 15.0. The highest BCUT2D eigenvalue weighted by molar-refractivity contribution is 6.31. The maximum atomic E-state index is 12.8. The Morgan fingerprint density at radius 3 is 2.58 bits per heavy atom. The maximum absolute atomic E-state index is 12.8. The molecule has 2 aliphatic rings. The van der Waals surface area contributed by atoms with Gasteiger partial charge in [0.2, 0.25) is 11.8 Å². The van der Waals surface area contributed by atoms with Crippen molar-refractivity contribution in [3.8, 4) is 0 Å². The number of carbonyl (C=O) groups excluding carboxylic acids is 2. The normalized spacial score (nSPS) is 20.1. The van der Waals surface area contributed by atoms with Crippen molar-refractivity contribution < 1.29 is 9.59 Å². The van der Waals surface area contributed by atoms with Crippen molar-refractivity contribution >= 4 is 29.1 Å². The Morgan fingerprint density at radius 2 is 1.88 bits per heavy atom. The average molecular weight is 341 g/mol. The first-order valence-electron chi connectivity index (χ1n) is 8.08. The van der Waals surface area contributed by atoms with Crippen LogP contribution in [0.15, 0.2) is 48.5 Å².